The molecule has 0 aromatic heterocycles. The molecule has 0 saturated heterocycles. The van der Waals surface area contributed by atoms with Crippen LogP contribution in [0.2, 0.25) is 0 Å². The molecule has 0 aliphatic rings. The molecule has 4 heteroatoms. The average molecular weight is 612 g/mol. The van der Waals surface area contributed by atoms with E-state index >= 15 is 0 Å². The second-order valence-corrected chi connectivity index (χ2v) is 21.5. The number of rotatable bonds is 4. The van der Waals surface area contributed by atoms with Crippen LogP contribution in [0.25, 0.3) is 21.5 Å². The molecule has 0 bridgehead atoms. The maximum absolute atomic E-state index is 7.38. The Kier molecular flexibility index (Phi) is 6.69. The third-order valence-corrected chi connectivity index (χ3v) is 16.5. The monoisotopic (exact) mass is 613 g/mol. The summed E-state index contributed by atoms with van der Waals surface area (Å²) in [6.45, 7) is 8.41. The summed E-state index contributed by atoms with van der Waals surface area (Å²) in [6, 6.07) is 29.8. The Morgan fingerprint density at radius 2 is 1.23 bits per heavy atom. The standard InChI is InChI=1S/C31H27Cl2NTe/c1-20-13-14-29(30(17-20)35(32,33)31-22(3)15-21(2)16-23(31)4)34-19-28-26-11-7-5-9-24(26)18-25-10-6-8-12-27(25)28/h5-19H,1-4H3. The second kappa shape index (κ2) is 9.61. The van der Waals surface area contributed by atoms with E-state index in [0.717, 1.165) is 35.2 Å². The number of hydrogen-bond donors (Lipinski definition) is 0. The molecule has 0 radical (unpaired) electrons. The van der Waals surface area contributed by atoms with Crippen molar-refractivity contribution < 1.29 is 0 Å². The van der Waals surface area contributed by atoms with Gasteiger partial charge in [-0.05, 0) is 0 Å². The molecule has 5 aromatic carbocycles. The van der Waals surface area contributed by atoms with Gasteiger partial charge in [0.25, 0.3) is 0 Å². The molecule has 35 heavy (non-hydrogen) atoms. The van der Waals surface area contributed by atoms with Gasteiger partial charge in [-0.1, -0.05) is 0 Å². The summed E-state index contributed by atoms with van der Waals surface area (Å²) in [5, 5.41) is 4.76. The summed E-state index contributed by atoms with van der Waals surface area (Å²) in [4.78, 5) is 5.04. The Hall–Kier alpha value is -2.34. The fourth-order valence-electron chi connectivity index (χ4n) is 4.94. The minimum absolute atomic E-state index is 0.846. The third kappa shape index (κ3) is 4.62. The van der Waals surface area contributed by atoms with E-state index in [4.69, 9.17) is 22.9 Å². The van der Waals surface area contributed by atoms with Gasteiger partial charge in [0.05, 0.1) is 0 Å². The van der Waals surface area contributed by atoms with Crippen molar-refractivity contribution in [2.24, 2.45) is 4.99 Å². The van der Waals surface area contributed by atoms with Gasteiger partial charge in [0.15, 0.2) is 0 Å². The Balaban J connectivity index is 1.70. The summed E-state index contributed by atoms with van der Waals surface area (Å²) < 4.78 is 2.09. The summed E-state index contributed by atoms with van der Waals surface area (Å²) in [5.74, 6) is 0. The average Bonchev–Trinajstić information content (AvgIpc) is 2.81. The summed E-state index contributed by atoms with van der Waals surface area (Å²) in [6.07, 6.45) is 1.99. The van der Waals surface area contributed by atoms with E-state index in [0.29, 0.717) is 0 Å². The van der Waals surface area contributed by atoms with Crippen LogP contribution in [0.4, 0.5) is 5.69 Å². The van der Waals surface area contributed by atoms with E-state index in [1.165, 1.54) is 27.1 Å². The summed E-state index contributed by atoms with van der Waals surface area (Å²) in [5.41, 5.74) is 6.62. The Morgan fingerprint density at radius 1 is 0.657 bits per heavy atom. The molecule has 176 valence electrons. The van der Waals surface area contributed by atoms with Gasteiger partial charge in [0, 0.05) is 0 Å². The molecule has 0 aliphatic carbocycles. The number of aryl methyl sites for hydroxylation is 4. The van der Waals surface area contributed by atoms with Crippen LogP contribution in [-0.4, -0.2) is 22.2 Å². The molecule has 0 fully saturated rings. The van der Waals surface area contributed by atoms with Crippen LogP contribution in [0.3, 0.4) is 0 Å². The Bertz CT molecular complexity index is 1540. The van der Waals surface area contributed by atoms with Crippen molar-refractivity contribution in [1.82, 2.24) is 0 Å². The number of nitrogens with zero attached hydrogens (tertiary/aromatic N) is 1. The van der Waals surface area contributed by atoms with Crippen LogP contribution in [0.1, 0.15) is 27.8 Å². The number of benzene rings is 5. The SMILES string of the molecule is Cc1cc(C)c([Te](Cl)(Cl)c2cc(C)ccc2N=Cc2c3ccccc3cc3ccccc23)c(C)c1. The van der Waals surface area contributed by atoms with Crippen molar-refractivity contribution in [2.75, 3.05) is 0 Å². The zero-order valence-corrected chi connectivity index (χ0v) is 24.1. The van der Waals surface area contributed by atoms with Crippen molar-refractivity contribution >= 4 is 74.5 Å². The zero-order chi connectivity index (χ0) is 24.7. The van der Waals surface area contributed by atoms with Gasteiger partial charge in [-0.3, -0.25) is 0 Å². The predicted octanol–water partition coefficient (Wildman–Crippen LogP) is 8.01. The quantitative estimate of drug-likeness (QED) is 0.111. The van der Waals surface area contributed by atoms with E-state index in [2.05, 4.69) is 113 Å². The van der Waals surface area contributed by atoms with Crippen LogP contribution in [0.15, 0.2) is 89.9 Å². The van der Waals surface area contributed by atoms with E-state index in [-0.39, 0.29) is 0 Å². The summed E-state index contributed by atoms with van der Waals surface area (Å²) >= 11 is -3.73. The molecule has 0 spiro atoms. The fourth-order valence-corrected chi connectivity index (χ4v) is 15.2. The molecular weight excluding hydrogens is 585 g/mol. The van der Waals surface area contributed by atoms with Gasteiger partial charge in [0.2, 0.25) is 0 Å². The number of hydrogen-bond acceptors (Lipinski definition) is 1. The molecule has 5 aromatic rings. The number of halogens is 2. The second-order valence-electron chi connectivity index (χ2n) is 9.16. The molecule has 0 heterocycles. The van der Waals surface area contributed by atoms with Gasteiger partial charge in [-0.2, -0.15) is 0 Å². The first kappa shape index (κ1) is 24.4. The Morgan fingerprint density at radius 3 is 1.83 bits per heavy atom. The molecule has 0 aliphatic heterocycles. The topological polar surface area (TPSA) is 12.4 Å². The van der Waals surface area contributed by atoms with Crippen molar-refractivity contribution in [3.63, 3.8) is 0 Å². The van der Waals surface area contributed by atoms with Crippen LogP contribution in [-0.2, 0) is 0 Å². The van der Waals surface area contributed by atoms with Crippen LogP contribution in [0.5, 0.6) is 0 Å². The van der Waals surface area contributed by atoms with Crippen molar-refractivity contribution in [3.8, 4) is 0 Å². The molecule has 1 nitrogen and oxygen atoms in total. The minimum atomic E-state index is -3.73. The van der Waals surface area contributed by atoms with Gasteiger partial charge in [-0.15, -0.1) is 0 Å². The van der Waals surface area contributed by atoms with Crippen molar-refractivity contribution in [2.45, 2.75) is 27.7 Å². The molecule has 0 amide bonds. The Labute approximate surface area is 218 Å². The molecule has 5 rings (SSSR count). The fraction of sp³-hybridized carbons (Fsp3) is 0.129. The van der Waals surface area contributed by atoms with E-state index in [9.17, 15) is 0 Å². The van der Waals surface area contributed by atoms with Gasteiger partial charge in [0.1, 0.15) is 0 Å². The summed E-state index contributed by atoms with van der Waals surface area (Å²) in [7, 11) is 14.8. The molecular formula is C31H27Cl2NTe. The van der Waals surface area contributed by atoms with Crippen LogP contribution in [0, 0.1) is 27.7 Å². The molecule has 0 atom stereocenters. The first-order valence-corrected chi connectivity index (χ1v) is 19.8. The third-order valence-electron chi connectivity index (χ3n) is 6.40. The van der Waals surface area contributed by atoms with E-state index in [1.807, 2.05) is 6.21 Å². The van der Waals surface area contributed by atoms with E-state index in [1.54, 1.807) is 0 Å². The normalized spacial score (nSPS) is 12.6. The first-order chi connectivity index (χ1) is 16.8. The van der Waals surface area contributed by atoms with Gasteiger partial charge in [-0.25, -0.2) is 0 Å². The number of fused-ring (bicyclic) bond motifs is 2. The van der Waals surface area contributed by atoms with Crippen molar-refractivity contribution in [1.29, 1.82) is 0 Å². The van der Waals surface area contributed by atoms with Crippen LogP contribution >= 0.6 is 17.9 Å². The van der Waals surface area contributed by atoms with Gasteiger partial charge >= 0.3 is 220 Å². The number of aliphatic imine (C=N–C) groups is 1. The maximum atomic E-state index is 7.38. The molecule has 0 N–H and O–H groups in total. The first-order valence-electron chi connectivity index (χ1n) is 11.6. The predicted molar refractivity (Wildman–Crippen MR) is 157 cm³/mol. The zero-order valence-electron chi connectivity index (χ0n) is 20.3. The van der Waals surface area contributed by atoms with E-state index < -0.39 is 15.9 Å². The van der Waals surface area contributed by atoms with Gasteiger partial charge < -0.3 is 0 Å². The molecule has 0 unspecified atom stereocenters. The van der Waals surface area contributed by atoms with Crippen LogP contribution < -0.4 is 7.22 Å². The molecule has 0 saturated carbocycles. The van der Waals surface area contributed by atoms with Crippen molar-refractivity contribution in [3.05, 3.63) is 113 Å².